The number of allylic oxidation sites excluding steroid dienone is 4. The van der Waals surface area contributed by atoms with Gasteiger partial charge in [-0.15, -0.1) is 0 Å². The van der Waals surface area contributed by atoms with Gasteiger partial charge in [0.1, 0.15) is 0 Å². The highest BCUT2D eigenvalue weighted by Gasteiger charge is 2.44. The van der Waals surface area contributed by atoms with Crippen LogP contribution < -0.4 is 0 Å². The van der Waals surface area contributed by atoms with Crippen LogP contribution in [0.15, 0.2) is 200 Å². The fraction of sp³-hybridized carbons (Fsp3) is 0.219. The third-order valence-corrected chi connectivity index (χ3v) is 13.9. The summed E-state index contributed by atoms with van der Waals surface area (Å²) in [6.07, 6.45) is 14.1. The number of benzene rings is 8. The van der Waals surface area contributed by atoms with Crippen LogP contribution in [0.1, 0.15) is 90.8 Å². The predicted octanol–water partition coefficient (Wildman–Crippen LogP) is 17.8. The van der Waals surface area contributed by atoms with Crippen molar-refractivity contribution in [2.75, 3.05) is 0 Å². The summed E-state index contributed by atoms with van der Waals surface area (Å²) in [5.41, 5.74) is 21.0. The first-order chi connectivity index (χ1) is 31.2. The van der Waals surface area contributed by atoms with Crippen molar-refractivity contribution in [3.8, 4) is 44.5 Å². The summed E-state index contributed by atoms with van der Waals surface area (Å²) in [6, 6.07) is 64.4. The van der Waals surface area contributed by atoms with Gasteiger partial charge < -0.3 is 0 Å². The number of hydrogen-bond donors (Lipinski definition) is 0. The quantitative estimate of drug-likeness (QED) is 0.150. The zero-order valence-corrected chi connectivity index (χ0v) is 38.6. The summed E-state index contributed by atoms with van der Waals surface area (Å²) >= 11 is 0. The lowest BCUT2D eigenvalue weighted by atomic mass is 9.74. The predicted molar refractivity (Wildman–Crippen MR) is 276 cm³/mol. The van der Waals surface area contributed by atoms with Gasteiger partial charge in [-0.2, -0.15) is 0 Å². The minimum absolute atomic E-state index is 0.271. The SMILES string of the molecule is CCCc1ccc(-c2ccc(-c3cccc4ccccc34)cc2)cc1.Cc1ccc(-c2cccc(-c3ccccc3C)c2C2CC2)cc1.Cc1ccc2c(c1)C(C)(C)C1C=CC=CC21. The molecule has 1 fully saturated rings. The highest BCUT2D eigenvalue weighted by molar-refractivity contribution is 5.96. The van der Waals surface area contributed by atoms with Gasteiger partial charge in [0.15, 0.2) is 0 Å². The van der Waals surface area contributed by atoms with E-state index in [1.165, 1.54) is 102 Å². The summed E-state index contributed by atoms with van der Waals surface area (Å²) in [7, 11) is 0. The van der Waals surface area contributed by atoms with E-state index in [0.29, 0.717) is 11.8 Å². The van der Waals surface area contributed by atoms with Crippen LogP contribution in [0, 0.1) is 26.7 Å². The van der Waals surface area contributed by atoms with E-state index in [4.69, 9.17) is 0 Å². The topological polar surface area (TPSA) is 0 Å². The number of hydrogen-bond acceptors (Lipinski definition) is 0. The highest BCUT2D eigenvalue weighted by atomic mass is 14.5. The molecule has 0 N–H and O–H groups in total. The maximum Gasteiger partial charge on any atom is 0.00953 e. The smallest absolute Gasteiger partial charge is 0.00953 e. The van der Waals surface area contributed by atoms with Crippen LogP contribution in [0.4, 0.5) is 0 Å². The lowest BCUT2D eigenvalue weighted by Gasteiger charge is -2.29. The van der Waals surface area contributed by atoms with Gasteiger partial charge in [-0.1, -0.05) is 239 Å². The third kappa shape index (κ3) is 8.98. The largest absolute Gasteiger partial charge is 0.0796 e. The molecule has 318 valence electrons. The molecule has 0 heterocycles. The third-order valence-electron chi connectivity index (χ3n) is 13.9. The van der Waals surface area contributed by atoms with Crippen LogP contribution in [0.25, 0.3) is 55.3 Å². The first-order valence-electron chi connectivity index (χ1n) is 23.6. The van der Waals surface area contributed by atoms with Crippen LogP contribution in [0.2, 0.25) is 0 Å². The zero-order chi connectivity index (χ0) is 44.2. The number of rotatable bonds is 7. The number of fused-ring (bicyclic) bond motifs is 4. The minimum Gasteiger partial charge on any atom is -0.0796 e. The summed E-state index contributed by atoms with van der Waals surface area (Å²) in [4.78, 5) is 0. The molecular weight excluding hydrogens is 769 g/mol. The van der Waals surface area contributed by atoms with Crippen LogP contribution in [0.5, 0.6) is 0 Å². The lowest BCUT2D eigenvalue weighted by molar-refractivity contribution is 0.394. The Balaban J connectivity index is 0.000000124. The van der Waals surface area contributed by atoms with E-state index < -0.39 is 0 Å². The molecule has 64 heavy (non-hydrogen) atoms. The van der Waals surface area contributed by atoms with E-state index >= 15 is 0 Å². The van der Waals surface area contributed by atoms with Crippen molar-refractivity contribution >= 4 is 10.8 Å². The molecule has 2 unspecified atom stereocenters. The van der Waals surface area contributed by atoms with Crippen molar-refractivity contribution in [1.82, 2.24) is 0 Å². The fourth-order valence-electron chi connectivity index (χ4n) is 10.2. The maximum atomic E-state index is 2.38. The molecular formula is C64H62. The van der Waals surface area contributed by atoms with Crippen LogP contribution >= 0.6 is 0 Å². The van der Waals surface area contributed by atoms with Crippen molar-refractivity contribution in [2.24, 2.45) is 5.92 Å². The Labute approximate surface area is 383 Å². The zero-order valence-electron chi connectivity index (χ0n) is 38.6. The van der Waals surface area contributed by atoms with Crippen molar-refractivity contribution in [2.45, 2.75) is 84.5 Å². The van der Waals surface area contributed by atoms with E-state index in [-0.39, 0.29) is 5.41 Å². The van der Waals surface area contributed by atoms with Gasteiger partial charge in [0.2, 0.25) is 0 Å². The van der Waals surface area contributed by atoms with Gasteiger partial charge in [-0.3, -0.25) is 0 Å². The summed E-state index contributed by atoms with van der Waals surface area (Å²) in [6.45, 7) is 13.5. The number of aryl methyl sites for hydroxylation is 4. The minimum atomic E-state index is 0.271. The Kier molecular flexibility index (Phi) is 12.5. The van der Waals surface area contributed by atoms with Crippen LogP contribution in [0.3, 0.4) is 0 Å². The van der Waals surface area contributed by atoms with Gasteiger partial charge in [-0.25, -0.2) is 0 Å². The summed E-state index contributed by atoms with van der Waals surface area (Å²) < 4.78 is 0. The molecule has 1 saturated carbocycles. The van der Waals surface area contributed by atoms with Gasteiger partial charge in [0.05, 0.1) is 0 Å². The maximum absolute atomic E-state index is 2.38. The molecule has 0 saturated heterocycles. The molecule has 11 rings (SSSR count). The van der Waals surface area contributed by atoms with E-state index in [2.05, 4.69) is 242 Å². The molecule has 0 aromatic heterocycles. The van der Waals surface area contributed by atoms with Crippen LogP contribution in [-0.2, 0) is 11.8 Å². The molecule has 8 aromatic rings. The van der Waals surface area contributed by atoms with Gasteiger partial charge in [0.25, 0.3) is 0 Å². The van der Waals surface area contributed by atoms with E-state index in [1.54, 1.807) is 11.1 Å². The molecule has 0 heteroatoms. The van der Waals surface area contributed by atoms with E-state index in [9.17, 15) is 0 Å². The summed E-state index contributed by atoms with van der Waals surface area (Å²) in [5, 5.41) is 2.59. The van der Waals surface area contributed by atoms with E-state index in [1.807, 2.05) is 0 Å². The molecule has 0 bridgehead atoms. The van der Waals surface area contributed by atoms with Gasteiger partial charge in [0, 0.05) is 5.92 Å². The second-order valence-corrected chi connectivity index (χ2v) is 18.9. The summed E-state index contributed by atoms with van der Waals surface area (Å²) in [5.74, 6) is 1.95. The molecule has 0 spiro atoms. The molecule has 3 aliphatic carbocycles. The molecule has 3 aliphatic rings. The normalized spacial score (nSPS) is 16.5. The molecule has 0 amide bonds. The average Bonchev–Trinajstić information content (AvgIpc) is 4.15. The standard InChI is InChI=1S/C25H22.C23H22.C16H18/c1-2-6-19-11-13-20(14-12-19)21-15-17-23(18-16-21)25-10-5-8-22-7-3-4-9-24(22)25;1-16-10-12-18(13-11-16)21-8-5-9-22(23(21)19-14-15-19)20-7-4-3-6-17(20)2;1-11-8-9-13-12-6-4-5-7-14(12)16(2,3)15(13)10-11/h3-5,7-18H,2,6H2,1H3;3-13,19H,14-15H2,1-2H3;4-10,12,14H,1-3H3. The Morgan fingerprint density at radius 1 is 0.500 bits per heavy atom. The molecule has 2 atom stereocenters. The monoisotopic (exact) mass is 830 g/mol. The van der Waals surface area contributed by atoms with Crippen LogP contribution in [-0.4, -0.2) is 0 Å². The Morgan fingerprint density at radius 2 is 1.06 bits per heavy atom. The average molecular weight is 831 g/mol. The Hall–Kier alpha value is -6.50. The Bertz CT molecular complexity index is 2930. The first kappa shape index (κ1) is 42.8. The van der Waals surface area contributed by atoms with Gasteiger partial charge in [-0.05, 0) is 140 Å². The van der Waals surface area contributed by atoms with Gasteiger partial charge >= 0.3 is 0 Å². The molecule has 8 aromatic carbocycles. The molecule has 0 radical (unpaired) electrons. The second-order valence-electron chi connectivity index (χ2n) is 18.9. The van der Waals surface area contributed by atoms with Crippen molar-refractivity contribution in [3.63, 3.8) is 0 Å². The fourth-order valence-corrected chi connectivity index (χ4v) is 10.2. The van der Waals surface area contributed by atoms with Crippen molar-refractivity contribution in [3.05, 3.63) is 239 Å². The lowest BCUT2D eigenvalue weighted by Crippen LogP contribution is -2.24. The van der Waals surface area contributed by atoms with E-state index in [0.717, 1.165) is 12.3 Å². The van der Waals surface area contributed by atoms with Crippen molar-refractivity contribution in [1.29, 1.82) is 0 Å². The second kappa shape index (κ2) is 18.7. The first-order valence-corrected chi connectivity index (χ1v) is 23.6. The molecule has 0 aliphatic heterocycles. The molecule has 0 nitrogen and oxygen atoms in total. The Morgan fingerprint density at radius 3 is 1.80 bits per heavy atom. The van der Waals surface area contributed by atoms with Crippen molar-refractivity contribution < 1.29 is 0 Å². The highest BCUT2D eigenvalue weighted by Crippen LogP contribution is 2.53.